The Morgan fingerprint density at radius 3 is 2.67 bits per heavy atom. The summed E-state index contributed by atoms with van der Waals surface area (Å²) < 4.78 is 10.6. The highest BCUT2D eigenvalue weighted by molar-refractivity contribution is 6.09. The number of benzene rings is 1. The Morgan fingerprint density at radius 2 is 1.96 bits per heavy atom. The molecular formula is C19H25N3O5. The molecule has 2 atom stereocenters. The first-order valence-electron chi connectivity index (χ1n) is 9.01. The number of ether oxygens (including phenoxy) is 2. The largest absolute Gasteiger partial charge is 0.454 e. The lowest BCUT2D eigenvalue weighted by atomic mass is 9.92. The third-order valence-electron chi connectivity index (χ3n) is 5.03. The maximum atomic E-state index is 12.8. The van der Waals surface area contributed by atoms with Gasteiger partial charge in [0.2, 0.25) is 12.7 Å². The van der Waals surface area contributed by atoms with Gasteiger partial charge in [-0.15, -0.1) is 0 Å². The Kier molecular flexibility index (Phi) is 4.99. The van der Waals surface area contributed by atoms with Crippen molar-refractivity contribution in [1.29, 1.82) is 0 Å². The highest BCUT2D eigenvalue weighted by Crippen LogP contribution is 2.34. The molecule has 8 nitrogen and oxygen atoms in total. The van der Waals surface area contributed by atoms with Crippen LogP contribution in [0.3, 0.4) is 0 Å². The molecule has 3 rings (SSSR count). The molecule has 0 spiro atoms. The number of carbonyl (C=O) groups is 3. The molecule has 2 aliphatic rings. The van der Waals surface area contributed by atoms with Crippen LogP contribution in [0.15, 0.2) is 18.2 Å². The number of amides is 4. The Hall–Kier alpha value is -2.77. The maximum Gasteiger partial charge on any atom is 0.325 e. The number of urea groups is 1. The van der Waals surface area contributed by atoms with Gasteiger partial charge in [-0.25, -0.2) is 4.79 Å². The van der Waals surface area contributed by atoms with E-state index < -0.39 is 17.5 Å². The van der Waals surface area contributed by atoms with Crippen molar-refractivity contribution in [3.63, 3.8) is 0 Å². The molecule has 0 aromatic heterocycles. The van der Waals surface area contributed by atoms with Crippen molar-refractivity contribution in [1.82, 2.24) is 15.5 Å². The third-order valence-corrected chi connectivity index (χ3v) is 5.03. The predicted octanol–water partition coefficient (Wildman–Crippen LogP) is 1.43. The van der Waals surface area contributed by atoms with E-state index in [4.69, 9.17) is 9.47 Å². The van der Waals surface area contributed by atoms with E-state index >= 15 is 0 Å². The molecule has 0 unspecified atom stereocenters. The summed E-state index contributed by atoms with van der Waals surface area (Å²) in [5.74, 6) is 0.757. The van der Waals surface area contributed by atoms with Gasteiger partial charge in [-0.3, -0.25) is 14.5 Å². The van der Waals surface area contributed by atoms with Crippen LogP contribution in [-0.2, 0) is 16.0 Å². The lowest BCUT2D eigenvalue weighted by Gasteiger charge is -2.22. The second kappa shape index (κ2) is 7.09. The number of nitrogens with zero attached hydrogens (tertiary/aromatic N) is 1. The molecular weight excluding hydrogens is 350 g/mol. The van der Waals surface area contributed by atoms with E-state index in [9.17, 15) is 14.4 Å². The first kappa shape index (κ1) is 19.0. The molecule has 0 radical (unpaired) electrons. The standard InChI is InChI=1S/C19H25N3O5/c1-11(2)12(3)20-16(23)9-22-17(24)19(4,21-18(22)25)8-13-5-6-14-15(7-13)27-10-26-14/h5-7,11-12H,8-10H2,1-4H3,(H,20,23)(H,21,25)/t12-,19+/m0/s1. The van der Waals surface area contributed by atoms with Crippen molar-refractivity contribution < 1.29 is 23.9 Å². The number of carbonyl (C=O) groups excluding carboxylic acids is 3. The molecule has 0 aliphatic carbocycles. The summed E-state index contributed by atoms with van der Waals surface area (Å²) >= 11 is 0. The van der Waals surface area contributed by atoms with Crippen LogP contribution in [0.1, 0.15) is 33.3 Å². The van der Waals surface area contributed by atoms with Crippen LogP contribution in [0.5, 0.6) is 11.5 Å². The van der Waals surface area contributed by atoms with Gasteiger partial charge < -0.3 is 20.1 Å². The third kappa shape index (κ3) is 3.84. The van der Waals surface area contributed by atoms with Gasteiger partial charge in [0.05, 0.1) is 0 Å². The van der Waals surface area contributed by atoms with Crippen LogP contribution in [-0.4, -0.2) is 47.7 Å². The fraction of sp³-hybridized carbons (Fsp3) is 0.526. The number of fused-ring (bicyclic) bond motifs is 1. The zero-order valence-electron chi connectivity index (χ0n) is 16.0. The fourth-order valence-corrected chi connectivity index (χ4v) is 3.08. The summed E-state index contributed by atoms with van der Waals surface area (Å²) in [5, 5.41) is 5.52. The van der Waals surface area contributed by atoms with Crippen molar-refractivity contribution in [2.75, 3.05) is 13.3 Å². The van der Waals surface area contributed by atoms with Crippen LogP contribution >= 0.6 is 0 Å². The molecule has 2 N–H and O–H groups in total. The summed E-state index contributed by atoms with van der Waals surface area (Å²) in [7, 11) is 0. The molecule has 0 bridgehead atoms. The molecule has 0 saturated carbocycles. The zero-order valence-corrected chi connectivity index (χ0v) is 16.0. The molecule has 2 aliphatic heterocycles. The second-order valence-electron chi connectivity index (χ2n) is 7.62. The van der Waals surface area contributed by atoms with E-state index in [0.29, 0.717) is 11.5 Å². The quantitative estimate of drug-likeness (QED) is 0.733. The van der Waals surface area contributed by atoms with Gasteiger partial charge in [0.1, 0.15) is 12.1 Å². The second-order valence-corrected chi connectivity index (χ2v) is 7.62. The molecule has 1 fully saturated rings. The minimum Gasteiger partial charge on any atom is -0.454 e. The molecule has 27 heavy (non-hydrogen) atoms. The van der Waals surface area contributed by atoms with Crippen molar-refractivity contribution in [3.05, 3.63) is 23.8 Å². The number of rotatable bonds is 6. The maximum absolute atomic E-state index is 12.8. The van der Waals surface area contributed by atoms with E-state index in [0.717, 1.165) is 10.5 Å². The van der Waals surface area contributed by atoms with Crippen molar-refractivity contribution in [2.24, 2.45) is 5.92 Å². The highest BCUT2D eigenvalue weighted by Gasteiger charge is 2.48. The summed E-state index contributed by atoms with van der Waals surface area (Å²) in [6.07, 6.45) is 0.286. The summed E-state index contributed by atoms with van der Waals surface area (Å²) in [4.78, 5) is 38.3. The van der Waals surface area contributed by atoms with E-state index in [1.54, 1.807) is 19.1 Å². The number of nitrogens with one attached hydrogen (secondary N) is 2. The van der Waals surface area contributed by atoms with Crippen LogP contribution in [0.2, 0.25) is 0 Å². The molecule has 1 aromatic rings. The Bertz CT molecular complexity index is 779. The lowest BCUT2D eigenvalue weighted by Crippen LogP contribution is -2.47. The van der Waals surface area contributed by atoms with Crippen LogP contribution in [0.25, 0.3) is 0 Å². The van der Waals surface area contributed by atoms with E-state index in [1.165, 1.54) is 0 Å². The molecule has 8 heteroatoms. The average molecular weight is 375 g/mol. The van der Waals surface area contributed by atoms with Gasteiger partial charge in [0, 0.05) is 12.5 Å². The normalized spacial score (nSPS) is 22.2. The molecule has 2 heterocycles. The summed E-state index contributed by atoms with van der Waals surface area (Å²) in [6, 6.07) is 4.81. The van der Waals surface area contributed by atoms with Crippen molar-refractivity contribution >= 4 is 17.8 Å². The van der Waals surface area contributed by atoms with Gasteiger partial charge in [-0.2, -0.15) is 0 Å². The fourth-order valence-electron chi connectivity index (χ4n) is 3.08. The van der Waals surface area contributed by atoms with Gasteiger partial charge in [-0.1, -0.05) is 19.9 Å². The smallest absolute Gasteiger partial charge is 0.325 e. The van der Waals surface area contributed by atoms with Gasteiger partial charge in [0.25, 0.3) is 5.91 Å². The highest BCUT2D eigenvalue weighted by atomic mass is 16.7. The predicted molar refractivity (Wildman–Crippen MR) is 97.4 cm³/mol. The zero-order chi connectivity index (χ0) is 19.8. The first-order chi connectivity index (χ1) is 12.7. The minimum absolute atomic E-state index is 0.0433. The summed E-state index contributed by atoms with van der Waals surface area (Å²) in [6.45, 7) is 7.40. The Balaban J connectivity index is 1.68. The monoisotopic (exact) mass is 375 g/mol. The lowest BCUT2D eigenvalue weighted by molar-refractivity contribution is -0.134. The van der Waals surface area contributed by atoms with Crippen LogP contribution < -0.4 is 20.1 Å². The van der Waals surface area contributed by atoms with Crippen molar-refractivity contribution in [2.45, 2.75) is 45.7 Å². The minimum atomic E-state index is -1.12. The summed E-state index contributed by atoms with van der Waals surface area (Å²) in [5.41, 5.74) is -0.288. The van der Waals surface area contributed by atoms with E-state index in [-0.39, 0.29) is 37.6 Å². The number of hydrogen-bond acceptors (Lipinski definition) is 5. The first-order valence-corrected chi connectivity index (χ1v) is 9.01. The van der Waals surface area contributed by atoms with Crippen LogP contribution in [0.4, 0.5) is 4.79 Å². The SMILES string of the molecule is CC(C)[C@H](C)NC(=O)CN1C(=O)N[C@](C)(Cc2ccc3c(c2)OCO3)C1=O. The Labute approximate surface area is 158 Å². The van der Waals surface area contributed by atoms with E-state index in [2.05, 4.69) is 10.6 Å². The number of hydrogen-bond donors (Lipinski definition) is 2. The van der Waals surface area contributed by atoms with Gasteiger partial charge in [-0.05, 0) is 37.5 Å². The Morgan fingerprint density at radius 1 is 1.26 bits per heavy atom. The van der Waals surface area contributed by atoms with Crippen molar-refractivity contribution in [3.8, 4) is 11.5 Å². The average Bonchev–Trinajstić information content (AvgIpc) is 3.13. The van der Waals surface area contributed by atoms with Gasteiger partial charge in [0.15, 0.2) is 11.5 Å². The van der Waals surface area contributed by atoms with E-state index in [1.807, 2.05) is 26.8 Å². The molecule has 4 amide bonds. The molecule has 146 valence electrons. The molecule has 1 aromatic carbocycles. The topological polar surface area (TPSA) is 97.0 Å². The van der Waals surface area contributed by atoms with Crippen LogP contribution in [0, 0.1) is 5.92 Å². The molecule has 1 saturated heterocycles. The number of imide groups is 1. The van der Waals surface area contributed by atoms with Gasteiger partial charge >= 0.3 is 6.03 Å².